The summed E-state index contributed by atoms with van der Waals surface area (Å²) in [7, 11) is -0.691. The van der Waals surface area contributed by atoms with E-state index < -0.39 is 9.76 Å². The van der Waals surface area contributed by atoms with E-state index in [9.17, 15) is 0 Å². The first-order chi connectivity index (χ1) is 6.41. The van der Waals surface area contributed by atoms with Gasteiger partial charge < -0.3 is 15.8 Å². The number of unbranched alkanes of at least 4 members (excludes halogenated alkanes) is 3. The Balaban J connectivity index is 2.76. The van der Waals surface area contributed by atoms with Gasteiger partial charge in [0.1, 0.15) is 0 Å². The summed E-state index contributed by atoms with van der Waals surface area (Å²) >= 11 is 0. The molecule has 0 bridgehead atoms. The monoisotopic (exact) mass is 204 g/mol. The van der Waals surface area contributed by atoms with Crippen molar-refractivity contribution in [2.45, 2.75) is 38.1 Å². The van der Waals surface area contributed by atoms with Gasteiger partial charge in [-0.25, -0.2) is 0 Å². The van der Waals surface area contributed by atoms with Gasteiger partial charge in [-0.15, -0.1) is 0 Å². The minimum absolute atomic E-state index is 0.691. The SMILES string of the molecule is NCCCCCCNCCC[SiH2]O. The van der Waals surface area contributed by atoms with Crippen LogP contribution in [0.3, 0.4) is 0 Å². The molecule has 3 nitrogen and oxygen atoms in total. The first-order valence-corrected chi connectivity index (χ1v) is 7.06. The summed E-state index contributed by atoms with van der Waals surface area (Å²) in [6, 6.07) is 1.06. The van der Waals surface area contributed by atoms with Gasteiger partial charge in [-0.3, -0.25) is 0 Å². The maximum absolute atomic E-state index is 8.67. The average molecular weight is 204 g/mol. The topological polar surface area (TPSA) is 58.3 Å². The number of hydrogen-bond donors (Lipinski definition) is 3. The molecule has 0 aromatic rings. The molecule has 0 aliphatic heterocycles. The Bertz CT molecular complexity index is 83.7. The van der Waals surface area contributed by atoms with E-state index in [0.717, 1.165) is 38.5 Å². The van der Waals surface area contributed by atoms with Gasteiger partial charge in [-0.2, -0.15) is 0 Å². The standard InChI is InChI=1S/C9H24N2OSi/c10-6-3-1-2-4-7-11-8-5-9-13-12/h11-12H,1-10,13H2. The molecule has 0 heterocycles. The van der Waals surface area contributed by atoms with Crippen LogP contribution in [0, 0.1) is 0 Å². The zero-order valence-electron chi connectivity index (χ0n) is 8.60. The fraction of sp³-hybridized carbons (Fsp3) is 1.00. The van der Waals surface area contributed by atoms with E-state index in [2.05, 4.69) is 5.32 Å². The molecule has 0 aromatic carbocycles. The van der Waals surface area contributed by atoms with E-state index in [-0.39, 0.29) is 0 Å². The molecule has 0 unspecified atom stereocenters. The van der Waals surface area contributed by atoms with Gasteiger partial charge >= 0.3 is 0 Å². The van der Waals surface area contributed by atoms with E-state index >= 15 is 0 Å². The van der Waals surface area contributed by atoms with Crippen molar-refractivity contribution in [3.63, 3.8) is 0 Å². The van der Waals surface area contributed by atoms with Crippen molar-refractivity contribution >= 4 is 9.76 Å². The Hall–Kier alpha value is 0.0969. The van der Waals surface area contributed by atoms with Crippen LogP contribution in [0.2, 0.25) is 6.04 Å². The molecular formula is C9H24N2OSi. The molecule has 0 spiro atoms. The van der Waals surface area contributed by atoms with E-state index in [1.54, 1.807) is 0 Å². The molecule has 4 heteroatoms. The molecule has 0 atom stereocenters. The van der Waals surface area contributed by atoms with E-state index in [4.69, 9.17) is 10.5 Å². The zero-order chi connectivity index (χ0) is 9.78. The second-order valence-corrected chi connectivity index (χ2v) is 4.54. The van der Waals surface area contributed by atoms with Crippen molar-refractivity contribution in [1.82, 2.24) is 5.32 Å². The zero-order valence-corrected chi connectivity index (χ0v) is 10.0. The molecule has 0 radical (unpaired) electrons. The summed E-state index contributed by atoms with van der Waals surface area (Å²) in [5, 5.41) is 3.38. The minimum atomic E-state index is -0.691. The van der Waals surface area contributed by atoms with Crippen LogP contribution in [0.25, 0.3) is 0 Å². The predicted molar refractivity (Wildman–Crippen MR) is 60.6 cm³/mol. The highest BCUT2D eigenvalue weighted by Gasteiger charge is 1.90. The van der Waals surface area contributed by atoms with Gasteiger partial charge in [-0.05, 0) is 44.9 Å². The Morgan fingerprint density at radius 2 is 1.69 bits per heavy atom. The van der Waals surface area contributed by atoms with E-state index in [1.807, 2.05) is 0 Å². The summed E-state index contributed by atoms with van der Waals surface area (Å²) in [5.41, 5.74) is 5.39. The molecule has 0 aliphatic carbocycles. The Morgan fingerprint density at radius 1 is 1.00 bits per heavy atom. The highest BCUT2D eigenvalue weighted by molar-refractivity contribution is 6.25. The van der Waals surface area contributed by atoms with Gasteiger partial charge in [0.05, 0.1) is 0 Å². The molecule has 0 saturated heterocycles. The third kappa shape index (κ3) is 12.1. The van der Waals surface area contributed by atoms with Gasteiger partial charge in [0, 0.05) is 0 Å². The number of rotatable bonds is 10. The summed E-state index contributed by atoms with van der Waals surface area (Å²) in [4.78, 5) is 8.67. The molecule has 4 N–H and O–H groups in total. The van der Waals surface area contributed by atoms with Crippen LogP contribution in [-0.2, 0) is 0 Å². The Morgan fingerprint density at radius 3 is 2.38 bits per heavy atom. The molecule has 0 amide bonds. The van der Waals surface area contributed by atoms with Crippen LogP contribution < -0.4 is 11.1 Å². The van der Waals surface area contributed by atoms with Crippen LogP contribution in [0.4, 0.5) is 0 Å². The lowest BCUT2D eigenvalue weighted by Crippen LogP contribution is -2.17. The summed E-state index contributed by atoms with van der Waals surface area (Å²) in [5.74, 6) is 0. The van der Waals surface area contributed by atoms with Gasteiger partial charge in [0.25, 0.3) is 0 Å². The van der Waals surface area contributed by atoms with Gasteiger partial charge in [0.15, 0.2) is 9.76 Å². The van der Waals surface area contributed by atoms with Crippen LogP contribution >= 0.6 is 0 Å². The van der Waals surface area contributed by atoms with Gasteiger partial charge in [-0.1, -0.05) is 12.8 Å². The second kappa shape index (κ2) is 12.1. The fourth-order valence-electron chi connectivity index (χ4n) is 1.23. The number of hydrogen-bond acceptors (Lipinski definition) is 3. The van der Waals surface area contributed by atoms with Crippen molar-refractivity contribution in [3.05, 3.63) is 0 Å². The summed E-state index contributed by atoms with van der Waals surface area (Å²) < 4.78 is 0. The molecule has 0 fully saturated rings. The Labute approximate surface area is 84.0 Å². The molecule has 0 aliphatic rings. The van der Waals surface area contributed by atoms with E-state index in [1.165, 1.54) is 19.3 Å². The van der Waals surface area contributed by atoms with Gasteiger partial charge in [0.2, 0.25) is 0 Å². The number of nitrogens with one attached hydrogen (secondary N) is 1. The molecular weight excluding hydrogens is 180 g/mol. The quantitative estimate of drug-likeness (QED) is 0.346. The lowest BCUT2D eigenvalue weighted by atomic mass is 10.2. The summed E-state index contributed by atoms with van der Waals surface area (Å²) in [6.45, 7) is 3.02. The number of nitrogens with two attached hydrogens (primary N) is 1. The lowest BCUT2D eigenvalue weighted by Gasteiger charge is -2.03. The maximum Gasteiger partial charge on any atom is 0.156 e. The molecule has 0 aromatic heterocycles. The highest BCUT2D eigenvalue weighted by atomic mass is 28.2. The largest absolute Gasteiger partial charge is 0.438 e. The molecule has 80 valence electrons. The third-order valence-electron chi connectivity index (χ3n) is 2.07. The molecule has 13 heavy (non-hydrogen) atoms. The predicted octanol–water partition coefficient (Wildman–Crippen LogP) is -0.0204. The average Bonchev–Trinajstić information content (AvgIpc) is 2.16. The van der Waals surface area contributed by atoms with Crippen LogP contribution in [-0.4, -0.2) is 34.2 Å². The minimum Gasteiger partial charge on any atom is -0.438 e. The fourth-order valence-corrected chi connectivity index (χ4v) is 1.71. The molecule has 0 rings (SSSR count). The smallest absolute Gasteiger partial charge is 0.156 e. The molecule has 0 saturated carbocycles. The first kappa shape index (κ1) is 13.1. The Kier molecular flexibility index (Phi) is 12.2. The lowest BCUT2D eigenvalue weighted by molar-refractivity contribution is 0.572. The first-order valence-electron chi connectivity index (χ1n) is 5.43. The van der Waals surface area contributed by atoms with Crippen molar-refractivity contribution in [2.75, 3.05) is 19.6 Å². The van der Waals surface area contributed by atoms with Crippen LogP contribution in [0.15, 0.2) is 0 Å². The van der Waals surface area contributed by atoms with Crippen LogP contribution in [0.1, 0.15) is 32.1 Å². The third-order valence-corrected chi connectivity index (χ3v) is 2.89. The maximum atomic E-state index is 8.67. The second-order valence-electron chi connectivity index (χ2n) is 3.38. The van der Waals surface area contributed by atoms with Crippen molar-refractivity contribution in [3.8, 4) is 0 Å². The van der Waals surface area contributed by atoms with Crippen LogP contribution in [0.5, 0.6) is 0 Å². The van der Waals surface area contributed by atoms with E-state index in [0.29, 0.717) is 0 Å². The normalized spacial score (nSPS) is 11.5. The van der Waals surface area contributed by atoms with Crippen molar-refractivity contribution < 1.29 is 4.80 Å². The highest BCUT2D eigenvalue weighted by Crippen LogP contribution is 1.96. The van der Waals surface area contributed by atoms with Crippen molar-refractivity contribution in [1.29, 1.82) is 0 Å². The van der Waals surface area contributed by atoms with Crippen molar-refractivity contribution in [2.24, 2.45) is 5.73 Å². The summed E-state index contributed by atoms with van der Waals surface area (Å²) in [6.07, 6.45) is 6.12.